The molecule has 0 heterocycles. The van der Waals surface area contributed by atoms with Crippen molar-refractivity contribution in [2.45, 2.75) is 0 Å². The summed E-state index contributed by atoms with van der Waals surface area (Å²) >= 11 is 6.10. The molecule has 0 saturated carbocycles. The fourth-order valence-electron chi connectivity index (χ4n) is 2.06. The molecule has 8 nitrogen and oxygen atoms in total. The third-order valence-electron chi connectivity index (χ3n) is 3.32. The minimum absolute atomic E-state index is 0.112. The Hall–Kier alpha value is -3.26. The van der Waals surface area contributed by atoms with Crippen LogP contribution in [-0.2, 0) is 4.79 Å². The number of nitrogens with one attached hydrogen (secondary N) is 1. The number of rotatable bonds is 8. The van der Waals surface area contributed by atoms with Crippen LogP contribution in [-0.4, -0.2) is 44.0 Å². The van der Waals surface area contributed by atoms with Crippen molar-refractivity contribution in [1.29, 1.82) is 0 Å². The van der Waals surface area contributed by atoms with Gasteiger partial charge in [-0.1, -0.05) is 11.6 Å². The van der Waals surface area contributed by atoms with E-state index in [1.54, 1.807) is 30.3 Å². The molecule has 0 unspecified atom stereocenters. The lowest BCUT2D eigenvalue weighted by atomic mass is 10.2. The molecule has 0 aliphatic heterocycles. The van der Waals surface area contributed by atoms with Crippen molar-refractivity contribution >= 4 is 29.7 Å². The maximum Gasteiger partial charge on any atom is 0.341 e. The second-order valence-corrected chi connectivity index (χ2v) is 5.55. The van der Waals surface area contributed by atoms with Crippen LogP contribution in [0.2, 0.25) is 5.02 Å². The maximum atomic E-state index is 12.0. The molecule has 2 aromatic rings. The topological polar surface area (TPSA) is 106 Å². The van der Waals surface area contributed by atoms with Gasteiger partial charge in [-0.05, 0) is 42.0 Å². The number of carbonyl (C=O) groups excluding carboxylic acids is 1. The SMILES string of the molecule is COc1ccc(C(=O)N/N=C\c2cc(Cl)c(OCC(=O)O)c(OC)c2)cc1. The number of methoxy groups -OCH3 is 2. The van der Waals surface area contributed by atoms with Gasteiger partial charge < -0.3 is 19.3 Å². The van der Waals surface area contributed by atoms with Crippen LogP contribution in [0.15, 0.2) is 41.5 Å². The number of benzene rings is 2. The summed E-state index contributed by atoms with van der Waals surface area (Å²) in [6.45, 7) is -0.554. The Morgan fingerprint density at radius 2 is 1.89 bits per heavy atom. The first-order chi connectivity index (χ1) is 12.9. The van der Waals surface area contributed by atoms with Crippen molar-refractivity contribution in [2.75, 3.05) is 20.8 Å². The molecule has 2 N–H and O–H groups in total. The summed E-state index contributed by atoms with van der Waals surface area (Å²) < 4.78 is 15.3. The van der Waals surface area contributed by atoms with Gasteiger partial charge in [-0.15, -0.1) is 0 Å². The molecule has 0 atom stereocenters. The van der Waals surface area contributed by atoms with Gasteiger partial charge in [0.05, 0.1) is 25.5 Å². The Labute approximate surface area is 160 Å². The summed E-state index contributed by atoms with van der Waals surface area (Å²) in [7, 11) is 2.93. The van der Waals surface area contributed by atoms with Crippen LogP contribution in [0.5, 0.6) is 17.2 Å². The van der Waals surface area contributed by atoms with E-state index in [2.05, 4.69) is 10.5 Å². The third-order valence-corrected chi connectivity index (χ3v) is 3.60. The number of halogens is 1. The molecule has 0 saturated heterocycles. The van der Waals surface area contributed by atoms with Gasteiger partial charge in [0.1, 0.15) is 5.75 Å². The van der Waals surface area contributed by atoms with Gasteiger partial charge in [0.2, 0.25) is 0 Å². The van der Waals surface area contributed by atoms with Gasteiger partial charge in [0, 0.05) is 5.56 Å². The molecule has 0 spiro atoms. The number of carboxylic acids is 1. The highest BCUT2D eigenvalue weighted by Gasteiger charge is 2.13. The zero-order chi connectivity index (χ0) is 19.8. The number of carbonyl (C=O) groups is 2. The van der Waals surface area contributed by atoms with E-state index in [0.29, 0.717) is 16.9 Å². The predicted octanol–water partition coefficient (Wildman–Crippen LogP) is 2.58. The molecule has 0 radical (unpaired) electrons. The number of hydrogen-bond acceptors (Lipinski definition) is 6. The van der Waals surface area contributed by atoms with E-state index in [1.807, 2.05) is 0 Å². The minimum Gasteiger partial charge on any atom is -0.497 e. The van der Waals surface area contributed by atoms with Gasteiger partial charge in [0.25, 0.3) is 5.91 Å². The van der Waals surface area contributed by atoms with Gasteiger partial charge in [-0.2, -0.15) is 5.10 Å². The number of ether oxygens (including phenoxy) is 3. The molecule has 0 fully saturated rings. The Bertz CT molecular complexity index is 852. The predicted molar refractivity (Wildman–Crippen MR) is 99.2 cm³/mol. The van der Waals surface area contributed by atoms with Crippen LogP contribution < -0.4 is 19.6 Å². The largest absolute Gasteiger partial charge is 0.497 e. The maximum absolute atomic E-state index is 12.0. The van der Waals surface area contributed by atoms with Crippen molar-refractivity contribution < 1.29 is 28.9 Å². The first kappa shape index (κ1) is 20.1. The molecule has 142 valence electrons. The standard InChI is InChI=1S/C18H17ClN2O6/c1-25-13-5-3-12(4-6-13)18(24)21-20-9-11-7-14(19)17(15(8-11)26-2)27-10-16(22)23/h3-9H,10H2,1-2H3,(H,21,24)(H,22,23)/b20-9-. The summed E-state index contributed by atoms with van der Waals surface area (Å²) in [5.41, 5.74) is 3.33. The Morgan fingerprint density at radius 3 is 2.48 bits per heavy atom. The van der Waals surface area contributed by atoms with E-state index in [9.17, 15) is 9.59 Å². The first-order valence-electron chi connectivity index (χ1n) is 7.64. The van der Waals surface area contributed by atoms with Gasteiger partial charge in [-0.25, -0.2) is 10.2 Å². The summed E-state index contributed by atoms with van der Waals surface area (Å²) in [6.07, 6.45) is 1.37. The van der Waals surface area contributed by atoms with E-state index < -0.39 is 18.5 Å². The molecule has 0 bridgehead atoms. The highest BCUT2D eigenvalue weighted by Crippen LogP contribution is 2.36. The Morgan fingerprint density at radius 1 is 1.19 bits per heavy atom. The lowest BCUT2D eigenvalue weighted by Gasteiger charge is -2.11. The highest BCUT2D eigenvalue weighted by molar-refractivity contribution is 6.32. The minimum atomic E-state index is -1.14. The number of hydrazone groups is 1. The van der Waals surface area contributed by atoms with Crippen molar-refractivity contribution in [1.82, 2.24) is 5.43 Å². The van der Waals surface area contributed by atoms with Crippen LogP contribution in [0, 0.1) is 0 Å². The fraction of sp³-hybridized carbons (Fsp3) is 0.167. The number of nitrogens with zero attached hydrogens (tertiary/aromatic N) is 1. The normalized spacial score (nSPS) is 10.5. The molecular formula is C18H17ClN2O6. The van der Waals surface area contributed by atoms with E-state index in [4.69, 9.17) is 30.9 Å². The van der Waals surface area contributed by atoms with Crippen molar-refractivity contribution in [3.05, 3.63) is 52.5 Å². The number of carboxylic acid groups (broad SMARTS) is 1. The Balaban J connectivity index is 2.08. The molecule has 2 rings (SSSR count). The van der Waals surface area contributed by atoms with E-state index in [0.717, 1.165) is 0 Å². The quantitative estimate of drug-likeness (QED) is 0.528. The van der Waals surface area contributed by atoms with Crippen LogP contribution in [0.4, 0.5) is 0 Å². The van der Waals surface area contributed by atoms with E-state index >= 15 is 0 Å². The average Bonchev–Trinajstić information content (AvgIpc) is 2.66. The molecule has 27 heavy (non-hydrogen) atoms. The molecule has 9 heteroatoms. The van der Waals surface area contributed by atoms with Gasteiger partial charge in [0.15, 0.2) is 18.1 Å². The zero-order valence-corrected chi connectivity index (χ0v) is 15.3. The zero-order valence-electron chi connectivity index (χ0n) is 14.6. The number of hydrogen-bond donors (Lipinski definition) is 2. The Kier molecular flexibility index (Phi) is 7.01. The van der Waals surface area contributed by atoms with Crippen LogP contribution in [0.25, 0.3) is 0 Å². The molecule has 0 aliphatic carbocycles. The first-order valence-corrected chi connectivity index (χ1v) is 8.02. The monoisotopic (exact) mass is 392 g/mol. The van der Waals surface area contributed by atoms with E-state index in [-0.39, 0.29) is 16.5 Å². The molecule has 2 aromatic carbocycles. The lowest BCUT2D eigenvalue weighted by Crippen LogP contribution is -2.17. The lowest BCUT2D eigenvalue weighted by molar-refractivity contribution is -0.139. The van der Waals surface area contributed by atoms with Gasteiger partial charge in [-0.3, -0.25) is 4.79 Å². The average molecular weight is 393 g/mol. The van der Waals surface area contributed by atoms with Crippen LogP contribution >= 0.6 is 11.6 Å². The number of amides is 1. The summed E-state index contributed by atoms with van der Waals surface area (Å²) in [5.74, 6) is -0.539. The van der Waals surface area contributed by atoms with E-state index in [1.165, 1.54) is 26.5 Å². The van der Waals surface area contributed by atoms with Crippen molar-refractivity contribution in [2.24, 2.45) is 5.10 Å². The molecular weight excluding hydrogens is 376 g/mol. The van der Waals surface area contributed by atoms with Crippen molar-refractivity contribution in [3.63, 3.8) is 0 Å². The summed E-state index contributed by atoms with van der Waals surface area (Å²) in [6, 6.07) is 9.60. The smallest absolute Gasteiger partial charge is 0.341 e. The second kappa shape index (κ2) is 9.44. The summed E-state index contributed by atoms with van der Waals surface area (Å²) in [4.78, 5) is 22.7. The highest BCUT2D eigenvalue weighted by atomic mass is 35.5. The summed E-state index contributed by atoms with van der Waals surface area (Å²) in [5, 5.41) is 12.7. The number of aliphatic carboxylic acids is 1. The molecule has 0 aliphatic rings. The van der Waals surface area contributed by atoms with Crippen molar-refractivity contribution in [3.8, 4) is 17.2 Å². The third kappa shape index (κ3) is 5.61. The molecule has 1 amide bonds. The van der Waals surface area contributed by atoms with Crippen LogP contribution in [0.1, 0.15) is 15.9 Å². The van der Waals surface area contributed by atoms with Crippen LogP contribution in [0.3, 0.4) is 0 Å². The molecule has 0 aromatic heterocycles. The fourth-order valence-corrected chi connectivity index (χ4v) is 2.33. The van der Waals surface area contributed by atoms with Gasteiger partial charge >= 0.3 is 5.97 Å². The second-order valence-electron chi connectivity index (χ2n) is 5.14.